The Hall–Kier alpha value is -1.62. The van der Waals surface area contributed by atoms with E-state index in [1.54, 1.807) is 6.33 Å². The first-order valence-corrected chi connectivity index (χ1v) is 6.82. The van der Waals surface area contributed by atoms with Gasteiger partial charge in [-0.05, 0) is 24.0 Å². The smallest absolute Gasteiger partial charge is 0.146 e. The average molecular weight is 262 g/mol. The van der Waals surface area contributed by atoms with Crippen molar-refractivity contribution >= 4 is 0 Å². The molecule has 2 rings (SSSR count). The highest BCUT2D eigenvalue weighted by molar-refractivity contribution is 5.14. The van der Waals surface area contributed by atoms with E-state index in [-0.39, 0.29) is 5.92 Å². The topological polar surface area (TPSA) is 55.9 Å². The van der Waals surface area contributed by atoms with Crippen molar-refractivity contribution in [1.82, 2.24) is 19.3 Å². The molecule has 2 aromatic rings. The lowest BCUT2D eigenvalue weighted by molar-refractivity contribution is 0.127. The maximum Gasteiger partial charge on any atom is 0.146 e. The van der Waals surface area contributed by atoms with Crippen molar-refractivity contribution in [3.05, 3.63) is 36.2 Å². The maximum absolute atomic E-state index is 10.0. The van der Waals surface area contributed by atoms with Crippen molar-refractivity contribution in [2.45, 2.75) is 46.4 Å². The molecule has 0 saturated heterocycles. The van der Waals surface area contributed by atoms with E-state index in [0.717, 1.165) is 24.4 Å². The summed E-state index contributed by atoms with van der Waals surface area (Å²) in [5, 5.41) is 14.2. The third-order valence-electron chi connectivity index (χ3n) is 3.20. The molecule has 1 N–H and O–H groups in total. The van der Waals surface area contributed by atoms with Crippen molar-refractivity contribution < 1.29 is 5.11 Å². The van der Waals surface area contributed by atoms with Crippen LogP contribution in [-0.2, 0) is 13.1 Å². The second kappa shape index (κ2) is 6.02. The average Bonchev–Trinajstić information content (AvgIpc) is 3.00. The van der Waals surface area contributed by atoms with Crippen LogP contribution in [0, 0.1) is 5.92 Å². The zero-order valence-corrected chi connectivity index (χ0v) is 11.8. The third kappa shape index (κ3) is 3.23. The third-order valence-corrected chi connectivity index (χ3v) is 3.20. The van der Waals surface area contributed by atoms with Gasteiger partial charge in [0.1, 0.15) is 12.2 Å². The Balaban J connectivity index is 2.09. The van der Waals surface area contributed by atoms with E-state index < -0.39 is 6.10 Å². The molecule has 2 heterocycles. The van der Waals surface area contributed by atoms with Crippen LogP contribution < -0.4 is 0 Å². The van der Waals surface area contributed by atoms with Gasteiger partial charge in [-0.15, -0.1) is 0 Å². The zero-order chi connectivity index (χ0) is 13.8. The molecule has 0 aromatic carbocycles. The van der Waals surface area contributed by atoms with Gasteiger partial charge in [-0.3, -0.25) is 0 Å². The summed E-state index contributed by atoms with van der Waals surface area (Å²) in [6.07, 6.45) is 6.19. The van der Waals surface area contributed by atoms with Crippen molar-refractivity contribution in [3.63, 3.8) is 0 Å². The van der Waals surface area contributed by atoms with Crippen LogP contribution in [0.4, 0.5) is 0 Å². The number of nitrogens with zero attached hydrogens (tertiary/aromatic N) is 4. The first kappa shape index (κ1) is 13.8. The molecule has 0 aliphatic rings. The Morgan fingerprint density at radius 1 is 1.37 bits per heavy atom. The highest BCUT2D eigenvalue weighted by Crippen LogP contribution is 2.21. The van der Waals surface area contributed by atoms with E-state index in [2.05, 4.69) is 17.0 Å². The number of aliphatic hydroxyl groups is 1. The summed E-state index contributed by atoms with van der Waals surface area (Å²) >= 11 is 0. The Labute approximate surface area is 113 Å². The number of hydrogen-bond acceptors (Lipinski definition) is 3. The van der Waals surface area contributed by atoms with Gasteiger partial charge in [0.25, 0.3) is 0 Å². The maximum atomic E-state index is 10.0. The second-order valence-electron chi connectivity index (χ2n) is 5.21. The van der Waals surface area contributed by atoms with Crippen LogP contribution in [0.3, 0.4) is 0 Å². The van der Waals surface area contributed by atoms with Crippen LogP contribution in [0.2, 0.25) is 0 Å². The van der Waals surface area contributed by atoms with Gasteiger partial charge in [0.05, 0.1) is 12.6 Å². The van der Waals surface area contributed by atoms with E-state index >= 15 is 0 Å². The molecular weight excluding hydrogens is 240 g/mol. The predicted octanol–water partition coefficient (Wildman–Crippen LogP) is 2.23. The molecule has 1 unspecified atom stereocenters. The van der Waals surface area contributed by atoms with Crippen LogP contribution in [-0.4, -0.2) is 24.4 Å². The molecule has 2 aromatic heterocycles. The molecule has 0 saturated carbocycles. The van der Waals surface area contributed by atoms with Crippen molar-refractivity contribution in [2.75, 3.05) is 0 Å². The Morgan fingerprint density at radius 3 is 2.84 bits per heavy atom. The van der Waals surface area contributed by atoms with Crippen LogP contribution in [0.5, 0.6) is 0 Å². The Morgan fingerprint density at radius 2 is 2.16 bits per heavy atom. The summed E-state index contributed by atoms with van der Waals surface area (Å²) < 4.78 is 3.97. The van der Waals surface area contributed by atoms with E-state index in [1.165, 1.54) is 0 Å². The minimum atomic E-state index is -0.408. The first-order chi connectivity index (χ1) is 9.11. The highest BCUT2D eigenvalue weighted by atomic mass is 16.3. The molecule has 0 aliphatic carbocycles. The molecule has 19 heavy (non-hydrogen) atoms. The Bertz CT molecular complexity index is 515. The van der Waals surface area contributed by atoms with Crippen LogP contribution in [0.1, 0.15) is 44.7 Å². The van der Waals surface area contributed by atoms with Crippen LogP contribution in [0.15, 0.2) is 24.8 Å². The van der Waals surface area contributed by atoms with Crippen LogP contribution >= 0.6 is 0 Å². The summed E-state index contributed by atoms with van der Waals surface area (Å²) in [4.78, 5) is 4.29. The highest BCUT2D eigenvalue weighted by Gasteiger charge is 2.13. The van der Waals surface area contributed by atoms with Gasteiger partial charge in [-0.25, -0.2) is 9.67 Å². The summed E-state index contributed by atoms with van der Waals surface area (Å²) in [5.41, 5.74) is 0.955. The fourth-order valence-electron chi connectivity index (χ4n) is 2.09. The molecule has 104 valence electrons. The standard InChI is InChI=1S/C14H22N4O/c1-4-6-18-13(15-10-16-18)9-17-7-5-12(8-17)14(19)11(2)3/h5,7-8,10-11,14,19H,4,6,9H2,1-3H3. The SMILES string of the molecule is CCCn1ncnc1Cn1ccc(C(O)C(C)C)c1. The number of aliphatic hydroxyl groups excluding tert-OH is 1. The van der Waals surface area contributed by atoms with Gasteiger partial charge in [0.15, 0.2) is 0 Å². The fourth-order valence-corrected chi connectivity index (χ4v) is 2.09. The molecular formula is C14H22N4O. The molecule has 0 fully saturated rings. The van der Waals surface area contributed by atoms with Crippen molar-refractivity contribution in [1.29, 1.82) is 0 Å². The number of aromatic nitrogens is 4. The zero-order valence-electron chi connectivity index (χ0n) is 11.8. The molecule has 5 nitrogen and oxygen atoms in total. The predicted molar refractivity (Wildman–Crippen MR) is 73.6 cm³/mol. The van der Waals surface area contributed by atoms with Gasteiger partial charge in [-0.2, -0.15) is 5.10 Å². The summed E-state index contributed by atoms with van der Waals surface area (Å²) in [7, 11) is 0. The molecule has 0 amide bonds. The lowest BCUT2D eigenvalue weighted by Gasteiger charge is -2.12. The molecule has 0 spiro atoms. The number of rotatable bonds is 6. The molecule has 0 radical (unpaired) electrons. The lowest BCUT2D eigenvalue weighted by Crippen LogP contribution is -2.09. The van der Waals surface area contributed by atoms with Gasteiger partial charge in [0, 0.05) is 18.9 Å². The minimum absolute atomic E-state index is 0.222. The van der Waals surface area contributed by atoms with Gasteiger partial charge >= 0.3 is 0 Å². The van der Waals surface area contributed by atoms with Crippen molar-refractivity contribution in [2.24, 2.45) is 5.92 Å². The summed E-state index contributed by atoms with van der Waals surface area (Å²) in [5.74, 6) is 1.17. The quantitative estimate of drug-likeness (QED) is 0.868. The number of hydrogen-bond donors (Lipinski definition) is 1. The van der Waals surface area contributed by atoms with Gasteiger partial charge in [-0.1, -0.05) is 20.8 Å². The van der Waals surface area contributed by atoms with Gasteiger partial charge in [0.2, 0.25) is 0 Å². The Kier molecular flexibility index (Phi) is 4.37. The monoisotopic (exact) mass is 262 g/mol. The molecule has 1 atom stereocenters. The van der Waals surface area contributed by atoms with Crippen LogP contribution in [0.25, 0.3) is 0 Å². The molecule has 5 heteroatoms. The van der Waals surface area contributed by atoms with E-state index in [0.29, 0.717) is 6.54 Å². The van der Waals surface area contributed by atoms with E-state index in [9.17, 15) is 5.11 Å². The van der Waals surface area contributed by atoms with Crippen molar-refractivity contribution in [3.8, 4) is 0 Å². The second-order valence-corrected chi connectivity index (χ2v) is 5.21. The number of aryl methyl sites for hydroxylation is 1. The molecule has 0 bridgehead atoms. The summed E-state index contributed by atoms with van der Waals surface area (Å²) in [6.45, 7) is 7.72. The van der Waals surface area contributed by atoms with Gasteiger partial charge < -0.3 is 9.67 Å². The fraction of sp³-hybridized carbons (Fsp3) is 0.571. The van der Waals surface area contributed by atoms with E-state index in [4.69, 9.17) is 0 Å². The molecule has 0 aliphatic heterocycles. The summed E-state index contributed by atoms with van der Waals surface area (Å²) in [6, 6.07) is 1.96. The minimum Gasteiger partial charge on any atom is -0.388 e. The van der Waals surface area contributed by atoms with E-state index in [1.807, 2.05) is 41.6 Å². The lowest BCUT2D eigenvalue weighted by atomic mass is 10.0. The largest absolute Gasteiger partial charge is 0.388 e. The normalized spacial score (nSPS) is 13.1. The first-order valence-electron chi connectivity index (χ1n) is 6.82.